The number of ether oxygens (including phenoxy) is 2. The van der Waals surface area contributed by atoms with Gasteiger partial charge in [-0.15, -0.1) is 0 Å². The van der Waals surface area contributed by atoms with Crippen LogP contribution in [0.15, 0.2) is 23.8 Å². The van der Waals surface area contributed by atoms with Crippen molar-refractivity contribution in [3.05, 3.63) is 23.8 Å². The summed E-state index contributed by atoms with van der Waals surface area (Å²) < 4.78 is 13.0. The number of rotatable bonds is 3. The molecule has 0 spiro atoms. The van der Waals surface area contributed by atoms with E-state index in [0.717, 1.165) is 44.1 Å². The van der Waals surface area contributed by atoms with E-state index in [0.29, 0.717) is 12.3 Å². The highest BCUT2D eigenvalue weighted by atomic mass is 16.7. The first-order valence-electron chi connectivity index (χ1n) is 12.3. The van der Waals surface area contributed by atoms with Crippen LogP contribution in [0.25, 0.3) is 0 Å². The number of hydrogen-bond donors (Lipinski definition) is 2. The van der Waals surface area contributed by atoms with E-state index in [1.807, 2.05) is 6.08 Å². The molecular formula is C26H34O6. The van der Waals surface area contributed by atoms with Gasteiger partial charge < -0.3 is 19.7 Å². The quantitative estimate of drug-likeness (QED) is 0.698. The first-order valence-corrected chi connectivity index (χ1v) is 12.3. The van der Waals surface area contributed by atoms with Crippen molar-refractivity contribution in [1.82, 2.24) is 0 Å². The van der Waals surface area contributed by atoms with Crippen LogP contribution in [0.2, 0.25) is 0 Å². The molecule has 6 heteroatoms. The van der Waals surface area contributed by atoms with Gasteiger partial charge in [0, 0.05) is 22.7 Å². The number of carbonyl (C=O) groups excluding carboxylic acids is 2. The van der Waals surface area contributed by atoms with E-state index >= 15 is 0 Å². The van der Waals surface area contributed by atoms with Crippen molar-refractivity contribution < 1.29 is 29.3 Å². The van der Waals surface area contributed by atoms with E-state index in [9.17, 15) is 19.8 Å². The van der Waals surface area contributed by atoms with E-state index in [1.54, 1.807) is 12.2 Å². The van der Waals surface area contributed by atoms with Gasteiger partial charge in [0.1, 0.15) is 6.61 Å². The standard InChI is InChI=1S/C26H34O6/c1-24-9-8-16(28)10-15(24)6-7-17-18-11-21-26(20(30)13-27,25(18,2)12-19(29)22(17)24)32-23(31-21)14-4-3-5-14/h8-10,14,17-19,21-23,27,29H,3-7,11-13H2,1-2H3/t17-,18-,19-,21+,22?,23+,24-,25-,26+/m0/s1. The second-order valence-electron chi connectivity index (χ2n) is 11.6. The summed E-state index contributed by atoms with van der Waals surface area (Å²) in [5.74, 6) is 0.393. The van der Waals surface area contributed by atoms with Gasteiger partial charge in [0.2, 0.25) is 0 Å². The molecule has 0 bridgehead atoms. The monoisotopic (exact) mass is 442 g/mol. The van der Waals surface area contributed by atoms with Crippen LogP contribution in [-0.2, 0) is 19.1 Å². The molecule has 1 saturated heterocycles. The second kappa shape index (κ2) is 6.84. The third-order valence-corrected chi connectivity index (χ3v) is 10.3. The van der Waals surface area contributed by atoms with Crippen molar-refractivity contribution >= 4 is 11.6 Å². The maximum Gasteiger partial charge on any atom is 0.193 e. The Bertz CT molecular complexity index is 919. The summed E-state index contributed by atoms with van der Waals surface area (Å²) in [5, 5.41) is 21.6. The lowest BCUT2D eigenvalue weighted by Crippen LogP contribution is -2.63. The Balaban J connectivity index is 1.39. The highest BCUT2D eigenvalue weighted by Gasteiger charge is 2.76. The summed E-state index contributed by atoms with van der Waals surface area (Å²) in [5.41, 5.74) is -1.01. The summed E-state index contributed by atoms with van der Waals surface area (Å²) in [7, 11) is 0. The molecular weight excluding hydrogens is 408 g/mol. The zero-order valence-corrected chi connectivity index (χ0v) is 19.0. The van der Waals surface area contributed by atoms with Gasteiger partial charge in [-0.05, 0) is 62.5 Å². The summed E-state index contributed by atoms with van der Waals surface area (Å²) >= 11 is 0. The fraction of sp³-hybridized carbons (Fsp3) is 0.769. The third kappa shape index (κ3) is 2.45. The Morgan fingerprint density at radius 2 is 2.03 bits per heavy atom. The Morgan fingerprint density at radius 3 is 2.72 bits per heavy atom. The van der Waals surface area contributed by atoms with Gasteiger partial charge in [-0.25, -0.2) is 0 Å². The Hall–Kier alpha value is -1.34. The SMILES string of the molecule is C[C@]12C=CC(=O)C=C1CC[C@@H]1C2[C@@H](O)C[C@@]2(C)[C@H]1C[C@H]1O[C@@H](C3CCC3)O[C@]12C(=O)CO. The van der Waals surface area contributed by atoms with Gasteiger partial charge in [0.15, 0.2) is 23.5 Å². The predicted molar refractivity (Wildman–Crippen MR) is 115 cm³/mol. The zero-order chi connectivity index (χ0) is 22.5. The summed E-state index contributed by atoms with van der Waals surface area (Å²) in [4.78, 5) is 25.4. The minimum absolute atomic E-state index is 0.00698. The minimum Gasteiger partial charge on any atom is -0.393 e. The van der Waals surface area contributed by atoms with Gasteiger partial charge in [0.25, 0.3) is 0 Å². The average molecular weight is 443 g/mol. The van der Waals surface area contributed by atoms with Gasteiger partial charge >= 0.3 is 0 Å². The number of hydrogen-bond acceptors (Lipinski definition) is 6. The molecule has 6 aliphatic rings. The van der Waals surface area contributed by atoms with E-state index in [1.165, 1.54) is 0 Å². The first kappa shape index (κ1) is 21.2. The lowest BCUT2D eigenvalue weighted by Gasteiger charge is -2.59. The van der Waals surface area contributed by atoms with E-state index in [4.69, 9.17) is 9.47 Å². The van der Waals surface area contributed by atoms with Crippen LogP contribution >= 0.6 is 0 Å². The van der Waals surface area contributed by atoms with Crippen molar-refractivity contribution in [3.63, 3.8) is 0 Å². The fourth-order valence-corrected chi connectivity index (χ4v) is 8.63. The van der Waals surface area contributed by atoms with Crippen molar-refractivity contribution in [2.24, 2.45) is 34.5 Å². The molecule has 5 aliphatic carbocycles. The fourth-order valence-electron chi connectivity index (χ4n) is 8.63. The average Bonchev–Trinajstić information content (AvgIpc) is 3.19. The number of allylic oxidation sites excluding steroid dienone is 4. The van der Waals surface area contributed by atoms with Gasteiger partial charge in [-0.1, -0.05) is 31.9 Å². The molecule has 6 nitrogen and oxygen atoms in total. The number of aliphatic hydroxyl groups is 2. The molecule has 174 valence electrons. The molecule has 5 fully saturated rings. The molecule has 0 aromatic heterocycles. The Kier molecular flexibility index (Phi) is 4.54. The summed E-state index contributed by atoms with van der Waals surface area (Å²) in [6.45, 7) is 3.67. The third-order valence-electron chi connectivity index (χ3n) is 10.3. The van der Waals surface area contributed by atoms with E-state index in [2.05, 4.69) is 13.8 Å². The van der Waals surface area contributed by atoms with Crippen molar-refractivity contribution in [3.8, 4) is 0 Å². The maximum absolute atomic E-state index is 13.4. The highest BCUT2D eigenvalue weighted by molar-refractivity contribution is 6.01. The van der Waals surface area contributed by atoms with E-state index < -0.39 is 23.7 Å². The predicted octanol–water partition coefficient (Wildman–Crippen LogP) is 2.72. The number of aliphatic hydroxyl groups excluding tert-OH is 2. The lowest BCUT2D eigenvalue weighted by molar-refractivity contribution is -0.212. The molecule has 0 radical (unpaired) electrons. The molecule has 0 aromatic rings. The van der Waals surface area contributed by atoms with Crippen LogP contribution in [0.5, 0.6) is 0 Å². The molecule has 4 saturated carbocycles. The number of ketones is 2. The molecule has 0 aromatic carbocycles. The normalized spacial score (nSPS) is 51.9. The van der Waals surface area contributed by atoms with Gasteiger partial charge in [-0.3, -0.25) is 9.59 Å². The topological polar surface area (TPSA) is 93.1 Å². The first-order chi connectivity index (χ1) is 15.2. The Morgan fingerprint density at radius 1 is 1.25 bits per heavy atom. The summed E-state index contributed by atoms with van der Waals surface area (Å²) in [6.07, 6.45) is 10.1. The van der Waals surface area contributed by atoms with Crippen LogP contribution < -0.4 is 0 Å². The van der Waals surface area contributed by atoms with Crippen LogP contribution in [0, 0.1) is 34.5 Å². The number of Topliss-reactive ketones (excluding diaryl/α,β-unsaturated/α-hetero) is 1. The second-order valence-corrected chi connectivity index (χ2v) is 11.6. The zero-order valence-electron chi connectivity index (χ0n) is 19.0. The molecule has 32 heavy (non-hydrogen) atoms. The van der Waals surface area contributed by atoms with Gasteiger partial charge in [0.05, 0.1) is 12.2 Å². The van der Waals surface area contributed by atoms with E-state index in [-0.39, 0.29) is 47.1 Å². The number of fused-ring (bicyclic) bond motifs is 7. The van der Waals surface area contributed by atoms with Crippen LogP contribution in [0.4, 0.5) is 0 Å². The Labute approximate surface area is 189 Å². The number of carbonyl (C=O) groups is 2. The van der Waals surface area contributed by atoms with Gasteiger partial charge in [-0.2, -0.15) is 0 Å². The molecule has 0 amide bonds. The molecule has 2 N–H and O–H groups in total. The smallest absolute Gasteiger partial charge is 0.193 e. The van der Waals surface area contributed by atoms with Crippen molar-refractivity contribution in [2.45, 2.75) is 82.9 Å². The molecule has 1 heterocycles. The molecule has 1 unspecified atom stereocenters. The lowest BCUT2D eigenvalue weighted by atomic mass is 9.46. The minimum atomic E-state index is -1.19. The summed E-state index contributed by atoms with van der Waals surface area (Å²) in [6, 6.07) is 0. The van der Waals surface area contributed by atoms with Crippen molar-refractivity contribution in [1.29, 1.82) is 0 Å². The maximum atomic E-state index is 13.4. The largest absolute Gasteiger partial charge is 0.393 e. The molecule has 6 rings (SSSR count). The van der Waals surface area contributed by atoms with Crippen LogP contribution in [0.3, 0.4) is 0 Å². The van der Waals surface area contributed by atoms with Crippen molar-refractivity contribution in [2.75, 3.05) is 6.61 Å². The van der Waals surface area contributed by atoms with Crippen LogP contribution in [-0.4, -0.2) is 52.5 Å². The highest BCUT2D eigenvalue weighted by Crippen LogP contribution is 2.70. The molecule has 9 atom stereocenters. The molecule has 1 aliphatic heterocycles. The van der Waals surface area contributed by atoms with Crippen LogP contribution in [0.1, 0.15) is 58.8 Å².